The summed E-state index contributed by atoms with van der Waals surface area (Å²) in [6, 6.07) is 6.74. The van der Waals surface area contributed by atoms with Crippen LogP contribution in [0.2, 0.25) is 5.02 Å². The Morgan fingerprint density at radius 1 is 1.35 bits per heavy atom. The number of ether oxygens (including phenoxy) is 2. The molecule has 1 aliphatic heterocycles. The Morgan fingerprint density at radius 2 is 2.11 bits per heavy atom. The van der Waals surface area contributed by atoms with Gasteiger partial charge in [-0.05, 0) is 69.2 Å². The molecule has 0 spiro atoms. The van der Waals surface area contributed by atoms with Crippen LogP contribution >= 0.6 is 11.6 Å². The number of carbonyl (C=O) groups is 1. The van der Waals surface area contributed by atoms with Gasteiger partial charge in [0.25, 0.3) is 0 Å². The summed E-state index contributed by atoms with van der Waals surface area (Å²) in [5, 5.41) is 18.6. The van der Waals surface area contributed by atoms with E-state index < -0.39 is 17.6 Å². The zero-order valence-electron chi connectivity index (χ0n) is 22.0. The Morgan fingerprint density at radius 3 is 2.78 bits per heavy atom. The van der Waals surface area contributed by atoms with Crippen LogP contribution in [0.1, 0.15) is 56.9 Å². The normalized spacial score (nSPS) is 22.9. The lowest BCUT2D eigenvalue weighted by Crippen LogP contribution is -2.58. The van der Waals surface area contributed by atoms with Gasteiger partial charge in [0.2, 0.25) is 5.92 Å². The van der Waals surface area contributed by atoms with Gasteiger partial charge in [-0.2, -0.15) is 0 Å². The van der Waals surface area contributed by atoms with Gasteiger partial charge in [-0.3, -0.25) is 0 Å². The molecule has 3 N–H and O–H groups in total. The number of hydrogen-bond donors (Lipinski definition) is 3. The minimum Gasteiger partial charge on any atom is -0.385 e. The van der Waals surface area contributed by atoms with E-state index >= 15 is 0 Å². The Hall–Kier alpha value is -1.52. The molecular formula is C27H42ClF2N3O4. The zero-order chi connectivity index (χ0) is 26.9. The van der Waals surface area contributed by atoms with Gasteiger partial charge in [-0.1, -0.05) is 23.7 Å². The second-order valence-corrected chi connectivity index (χ2v) is 10.9. The number of aliphatic hydroxyl groups is 1. The largest absolute Gasteiger partial charge is 0.385 e. The van der Waals surface area contributed by atoms with Crippen molar-refractivity contribution in [1.82, 2.24) is 15.5 Å². The molecule has 2 amide bonds. The first kappa shape index (κ1) is 30.0. The first-order chi connectivity index (χ1) is 17.7. The zero-order valence-corrected chi connectivity index (χ0v) is 22.7. The van der Waals surface area contributed by atoms with Crippen LogP contribution < -0.4 is 10.6 Å². The number of urea groups is 1. The van der Waals surface area contributed by atoms with Crippen molar-refractivity contribution >= 4 is 17.6 Å². The second-order valence-electron chi connectivity index (χ2n) is 10.4. The van der Waals surface area contributed by atoms with Crippen molar-refractivity contribution in [3.8, 4) is 0 Å². The van der Waals surface area contributed by atoms with Crippen LogP contribution in [0.3, 0.4) is 0 Å². The monoisotopic (exact) mass is 545 g/mol. The number of benzene rings is 1. The lowest BCUT2D eigenvalue weighted by atomic mass is 9.82. The van der Waals surface area contributed by atoms with Crippen LogP contribution in [0.4, 0.5) is 13.6 Å². The Kier molecular flexibility index (Phi) is 11.4. The highest BCUT2D eigenvalue weighted by atomic mass is 35.5. The minimum atomic E-state index is -2.57. The summed E-state index contributed by atoms with van der Waals surface area (Å²) in [5.74, 6) is -2.40. The van der Waals surface area contributed by atoms with E-state index in [0.717, 1.165) is 6.42 Å². The van der Waals surface area contributed by atoms with Gasteiger partial charge in [-0.15, -0.1) is 0 Å². The highest BCUT2D eigenvalue weighted by molar-refractivity contribution is 6.30. The molecule has 210 valence electrons. The topological polar surface area (TPSA) is 83.1 Å². The molecule has 1 aliphatic carbocycles. The number of carbonyl (C=O) groups excluding carboxylic acids is 1. The van der Waals surface area contributed by atoms with E-state index in [1.807, 2.05) is 13.1 Å². The number of amides is 2. The predicted molar refractivity (Wildman–Crippen MR) is 140 cm³/mol. The molecule has 3 atom stereocenters. The summed E-state index contributed by atoms with van der Waals surface area (Å²) < 4.78 is 38.3. The Balaban J connectivity index is 1.66. The average Bonchev–Trinajstić information content (AvgIpc) is 2.88. The lowest BCUT2D eigenvalue weighted by molar-refractivity contribution is -0.146. The molecule has 1 aromatic carbocycles. The molecule has 1 saturated heterocycles. The number of likely N-dealkylation sites (N-methyl/N-ethyl adjacent to an activating group) is 1. The molecule has 0 radical (unpaired) electrons. The third-order valence-electron chi connectivity index (χ3n) is 7.60. The van der Waals surface area contributed by atoms with Crippen molar-refractivity contribution in [1.29, 1.82) is 0 Å². The van der Waals surface area contributed by atoms with Gasteiger partial charge in [0.15, 0.2) is 0 Å². The summed E-state index contributed by atoms with van der Waals surface area (Å²) in [6.45, 7) is 2.07. The molecule has 3 rings (SSSR count). The lowest BCUT2D eigenvalue weighted by Gasteiger charge is -2.43. The third kappa shape index (κ3) is 8.75. The molecule has 0 unspecified atom stereocenters. The summed E-state index contributed by atoms with van der Waals surface area (Å²) in [5.41, 5.74) is -0.665. The molecule has 2 aliphatic rings. The van der Waals surface area contributed by atoms with Gasteiger partial charge in [-0.25, -0.2) is 13.6 Å². The molecule has 1 heterocycles. The smallest absolute Gasteiger partial charge is 0.317 e. The number of hydrogen-bond acceptors (Lipinski definition) is 5. The first-order valence-corrected chi connectivity index (χ1v) is 13.7. The van der Waals surface area contributed by atoms with Crippen LogP contribution in [0.25, 0.3) is 0 Å². The fraction of sp³-hybridized carbons (Fsp3) is 0.741. The molecule has 2 fully saturated rings. The van der Waals surface area contributed by atoms with E-state index in [-0.39, 0.29) is 37.4 Å². The van der Waals surface area contributed by atoms with Gasteiger partial charge in [0.1, 0.15) is 11.7 Å². The number of nitrogens with one attached hydrogen (secondary N) is 2. The van der Waals surface area contributed by atoms with Crippen molar-refractivity contribution in [2.45, 2.75) is 75.0 Å². The number of rotatable bonds is 12. The van der Waals surface area contributed by atoms with Crippen LogP contribution in [0.15, 0.2) is 24.3 Å². The maximum Gasteiger partial charge on any atom is 0.317 e. The fourth-order valence-electron chi connectivity index (χ4n) is 5.46. The molecule has 0 bridgehead atoms. The van der Waals surface area contributed by atoms with E-state index in [0.29, 0.717) is 69.0 Å². The summed E-state index contributed by atoms with van der Waals surface area (Å²) >= 11 is 6.24. The highest BCUT2D eigenvalue weighted by Crippen LogP contribution is 2.38. The maximum atomic E-state index is 13.6. The molecule has 1 aromatic rings. The van der Waals surface area contributed by atoms with Crippen LogP contribution in [0.5, 0.6) is 0 Å². The average molecular weight is 546 g/mol. The van der Waals surface area contributed by atoms with E-state index in [4.69, 9.17) is 21.1 Å². The standard InChI is InChI=1S/C27H42ClF2N3O4/c1-31-18-23(16-20-8-11-26(29,30)12-9-20)32-25(34)33-13-15-37-24(19-33)27(35,10-3-4-14-36-2)21-6-5-7-22(28)17-21/h5-7,17,20,23-24,31,35H,3-4,8-16,18-19H2,1-2H3,(H,32,34)/t23-,24+,27-/m0/s1. The van der Waals surface area contributed by atoms with Gasteiger partial charge < -0.3 is 30.1 Å². The summed E-state index contributed by atoms with van der Waals surface area (Å²) in [7, 11) is 3.46. The predicted octanol–water partition coefficient (Wildman–Crippen LogP) is 4.56. The third-order valence-corrected chi connectivity index (χ3v) is 7.83. The SMILES string of the molecule is CNC[C@H](CC1CCC(F)(F)CC1)NC(=O)N1CCO[C@@H]([C@](O)(CCCCOC)c2cccc(Cl)c2)C1. The van der Waals surface area contributed by atoms with Crippen LogP contribution in [0, 0.1) is 5.92 Å². The van der Waals surface area contributed by atoms with Crippen LogP contribution in [-0.4, -0.2) is 81.1 Å². The van der Waals surface area contributed by atoms with Crippen molar-refractivity contribution in [2.24, 2.45) is 5.92 Å². The highest BCUT2D eigenvalue weighted by Gasteiger charge is 2.43. The fourth-order valence-corrected chi connectivity index (χ4v) is 5.65. The molecular weight excluding hydrogens is 504 g/mol. The van der Waals surface area contributed by atoms with E-state index in [9.17, 15) is 18.7 Å². The molecule has 10 heteroatoms. The number of unbranched alkanes of at least 4 members (excludes halogenated alkanes) is 1. The molecule has 7 nitrogen and oxygen atoms in total. The number of halogens is 3. The van der Waals surface area contributed by atoms with Crippen molar-refractivity contribution in [2.75, 3.05) is 47.0 Å². The quantitative estimate of drug-likeness (QED) is 0.335. The van der Waals surface area contributed by atoms with Crippen molar-refractivity contribution < 1.29 is 28.2 Å². The van der Waals surface area contributed by atoms with Crippen LogP contribution in [-0.2, 0) is 15.1 Å². The number of nitrogens with zero attached hydrogens (tertiary/aromatic N) is 1. The first-order valence-electron chi connectivity index (χ1n) is 13.3. The molecule has 0 aromatic heterocycles. The molecule has 1 saturated carbocycles. The molecule has 37 heavy (non-hydrogen) atoms. The van der Waals surface area contributed by atoms with Crippen molar-refractivity contribution in [3.05, 3.63) is 34.9 Å². The minimum absolute atomic E-state index is 0.0878. The van der Waals surface area contributed by atoms with Gasteiger partial charge >= 0.3 is 6.03 Å². The van der Waals surface area contributed by atoms with Gasteiger partial charge in [0.05, 0.1) is 13.2 Å². The van der Waals surface area contributed by atoms with E-state index in [1.165, 1.54) is 0 Å². The Labute approximate surface area is 224 Å². The maximum absolute atomic E-state index is 13.6. The number of methoxy groups -OCH3 is 1. The van der Waals surface area contributed by atoms with E-state index in [1.54, 1.807) is 30.2 Å². The summed E-state index contributed by atoms with van der Waals surface area (Å²) in [4.78, 5) is 15.0. The number of alkyl halides is 2. The van der Waals surface area contributed by atoms with Gasteiger partial charge in [0, 0.05) is 50.7 Å². The number of morpholine rings is 1. The van der Waals surface area contributed by atoms with E-state index in [2.05, 4.69) is 10.6 Å². The summed E-state index contributed by atoms with van der Waals surface area (Å²) in [6.07, 6.45) is 2.73. The second kappa shape index (κ2) is 14.0. The van der Waals surface area contributed by atoms with Crippen molar-refractivity contribution in [3.63, 3.8) is 0 Å². The Bertz CT molecular complexity index is 855.